The second-order valence-corrected chi connectivity index (χ2v) is 4.92. The van der Waals surface area contributed by atoms with Gasteiger partial charge in [0, 0.05) is 0 Å². The Labute approximate surface area is 104 Å². The van der Waals surface area contributed by atoms with Crippen molar-refractivity contribution in [3.05, 3.63) is 45.7 Å². The highest BCUT2D eigenvalue weighted by Crippen LogP contribution is 2.31. The van der Waals surface area contributed by atoms with Crippen LogP contribution >= 0.6 is 15.9 Å². The molecule has 1 nitrogen and oxygen atoms in total. The van der Waals surface area contributed by atoms with Crippen molar-refractivity contribution in [3.63, 3.8) is 0 Å². The Morgan fingerprint density at radius 1 is 1.44 bits per heavy atom. The van der Waals surface area contributed by atoms with E-state index in [-0.39, 0.29) is 11.9 Å². The average molecular weight is 284 g/mol. The smallest absolute Gasteiger partial charge is 0.137 e. The van der Waals surface area contributed by atoms with E-state index in [4.69, 9.17) is 0 Å². The first-order chi connectivity index (χ1) is 7.72. The minimum absolute atomic E-state index is 0.157. The maximum atomic E-state index is 13.5. The highest BCUT2D eigenvalue weighted by molar-refractivity contribution is 9.10. The van der Waals surface area contributed by atoms with Crippen LogP contribution in [0.3, 0.4) is 0 Å². The molecule has 1 N–H and O–H groups in total. The van der Waals surface area contributed by atoms with Crippen molar-refractivity contribution in [1.29, 1.82) is 0 Å². The third-order valence-electron chi connectivity index (χ3n) is 3.01. The predicted octanol–water partition coefficient (Wildman–Crippen LogP) is 3.96. The summed E-state index contributed by atoms with van der Waals surface area (Å²) in [6.07, 6.45) is 5.74. The van der Waals surface area contributed by atoms with E-state index in [1.807, 2.05) is 13.1 Å². The topological polar surface area (TPSA) is 12.0 Å². The van der Waals surface area contributed by atoms with Crippen LogP contribution in [0.25, 0.3) is 0 Å². The van der Waals surface area contributed by atoms with Crippen molar-refractivity contribution < 1.29 is 4.39 Å². The fourth-order valence-electron chi connectivity index (χ4n) is 2.22. The van der Waals surface area contributed by atoms with Crippen LogP contribution in [0.1, 0.15) is 30.9 Å². The molecule has 3 heteroatoms. The molecule has 0 heterocycles. The van der Waals surface area contributed by atoms with Crippen molar-refractivity contribution in [1.82, 2.24) is 5.32 Å². The molecule has 86 valence electrons. The summed E-state index contributed by atoms with van der Waals surface area (Å²) in [6, 6.07) is 5.49. The molecule has 0 spiro atoms. The molecule has 16 heavy (non-hydrogen) atoms. The van der Waals surface area contributed by atoms with E-state index >= 15 is 0 Å². The zero-order valence-corrected chi connectivity index (χ0v) is 10.8. The fraction of sp³-hybridized carbons (Fsp3) is 0.385. The number of benzene rings is 1. The maximum Gasteiger partial charge on any atom is 0.137 e. The van der Waals surface area contributed by atoms with Gasteiger partial charge in [-0.3, -0.25) is 0 Å². The van der Waals surface area contributed by atoms with Crippen LogP contribution in [0.4, 0.5) is 4.39 Å². The molecule has 1 aliphatic rings. The third kappa shape index (κ3) is 2.36. The Morgan fingerprint density at radius 3 is 2.81 bits per heavy atom. The molecule has 1 aromatic carbocycles. The summed E-state index contributed by atoms with van der Waals surface area (Å²) < 4.78 is 14.0. The van der Waals surface area contributed by atoms with Crippen molar-refractivity contribution >= 4 is 15.9 Å². The van der Waals surface area contributed by atoms with Crippen LogP contribution in [0.5, 0.6) is 0 Å². The Morgan fingerprint density at radius 2 is 2.25 bits per heavy atom. The zero-order chi connectivity index (χ0) is 11.5. The number of allylic oxidation sites excluding steroid dienone is 1. The molecular formula is C13H15BrFN. The molecule has 0 bridgehead atoms. The number of nitrogens with one attached hydrogen (secondary N) is 1. The summed E-state index contributed by atoms with van der Waals surface area (Å²) in [5, 5.41) is 3.26. The normalized spacial score (nSPS) is 17.3. The minimum atomic E-state index is -0.198. The van der Waals surface area contributed by atoms with Crippen LogP contribution in [-0.2, 0) is 0 Å². The van der Waals surface area contributed by atoms with Gasteiger partial charge in [-0.25, -0.2) is 4.39 Å². The van der Waals surface area contributed by atoms with Crippen molar-refractivity contribution in [2.24, 2.45) is 0 Å². The lowest BCUT2D eigenvalue weighted by Crippen LogP contribution is -2.18. The average Bonchev–Trinajstić information content (AvgIpc) is 2.78. The molecule has 0 aliphatic heterocycles. The number of halogens is 2. The highest BCUT2D eigenvalue weighted by atomic mass is 79.9. The molecule has 0 radical (unpaired) electrons. The Balaban J connectivity index is 2.29. The van der Waals surface area contributed by atoms with Gasteiger partial charge in [-0.05, 0) is 59.9 Å². The first-order valence-electron chi connectivity index (χ1n) is 5.53. The van der Waals surface area contributed by atoms with Crippen LogP contribution in [0.15, 0.2) is 34.3 Å². The van der Waals surface area contributed by atoms with Crippen LogP contribution in [0.2, 0.25) is 0 Å². The minimum Gasteiger partial charge on any atom is -0.310 e. The van der Waals surface area contributed by atoms with Gasteiger partial charge in [-0.2, -0.15) is 0 Å². The second kappa shape index (κ2) is 5.11. The molecule has 0 saturated carbocycles. The van der Waals surface area contributed by atoms with Crippen molar-refractivity contribution in [2.45, 2.75) is 25.3 Å². The predicted molar refractivity (Wildman–Crippen MR) is 67.8 cm³/mol. The molecule has 2 rings (SSSR count). The van der Waals surface area contributed by atoms with Gasteiger partial charge in [0.1, 0.15) is 5.82 Å². The van der Waals surface area contributed by atoms with E-state index in [1.165, 1.54) is 12.0 Å². The molecule has 0 aromatic heterocycles. The lowest BCUT2D eigenvalue weighted by Gasteiger charge is -2.18. The molecule has 1 atom stereocenters. The zero-order valence-electron chi connectivity index (χ0n) is 9.26. The van der Waals surface area contributed by atoms with Crippen LogP contribution in [0, 0.1) is 5.82 Å². The fourth-order valence-corrected chi connectivity index (χ4v) is 2.46. The Hall–Kier alpha value is -0.670. The molecule has 0 saturated heterocycles. The first-order valence-corrected chi connectivity index (χ1v) is 6.33. The van der Waals surface area contributed by atoms with Crippen molar-refractivity contribution in [2.75, 3.05) is 7.05 Å². The van der Waals surface area contributed by atoms with Gasteiger partial charge in [-0.15, -0.1) is 0 Å². The summed E-state index contributed by atoms with van der Waals surface area (Å²) in [7, 11) is 1.92. The quantitative estimate of drug-likeness (QED) is 0.828. The maximum absolute atomic E-state index is 13.5. The lowest BCUT2D eigenvalue weighted by molar-refractivity contribution is 0.605. The van der Waals surface area contributed by atoms with E-state index in [1.54, 1.807) is 12.1 Å². The Bertz CT molecular complexity index is 414. The van der Waals surface area contributed by atoms with Crippen molar-refractivity contribution in [3.8, 4) is 0 Å². The molecular weight excluding hydrogens is 269 g/mol. The number of likely N-dealkylation sites (N-methyl/N-ethyl adjacent to an activating group) is 1. The van der Waals surface area contributed by atoms with E-state index in [2.05, 4.69) is 27.3 Å². The molecule has 0 amide bonds. The molecule has 1 aliphatic carbocycles. The molecule has 0 fully saturated rings. The standard InChI is InChI=1S/C13H15BrFN/c1-16-13(9-4-2-3-5-9)10-6-7-11(14)12(15)8-10/h4,6-8,13,16H,2-3,5H2,1H3. The monoisotopic (exact) mass is 283 g/mol. The first kappa shape index (κ1) is 11.8. The van der Waals surface area contributed by atoms with Crippen LogP contribution in [-0.4, -0.2) is 7.05 Å². The highest BCUT2D eigenvalue weighted by Gasteiger charge is 2.18. The van der Waals surface area contributed by atoms with Gasteiger partial charge in [0.15, 0.2) is 0 Å². The van der Waals surface area contributed by atoms with Gasteiger partial charge in [0.05, 0.1) is 10.5 Å². The van der Waals surface area contributed by atoms with E-state index in [0.29, 0.717) is 4.47 Å². The summed E-state index contributed by atoms with van der Waals surface area (Å²) in [5.74, 6) is -0.198. The second-order valence-electron chi connectivity index (χ2n) is 4.07. The number of rotatable bonds is 3. The summed E-state index contributed by atoms with van der Waals surface area (Å²) >= 11 is 3.17. The largest absolute Gasteiger partial charge is 0.310 e. The van der Waals surface area contributed by atoms with E-state index in [0.717, 1.165) is 18.4 Å². The molecule has 1 aromatic rings. The van der Waals surface area contributed by atoms with Gasteiger partial charge >= 0.3 is 0 Å². The third-order valence-corrected chi connectivity index (χ3v) is 3.66. The summed E-state index contributed by atoms with van der Waals surface area (Å²) in [5.41, 5.74) is 2.38. The molecule has 1 unspecified atom stereocenters. The SMILES string of the molecule is CNC(C1=CCCC1)c1ccc(Br)c(F)c1. The van der Waals surface area contributed by atoms with Gasteiger partial charge in [0.2, 0.25) is 0 Å². The Kier molecular flexibility index (Phi) is 3.77. The summed E-state index contributed by atoms with van der Waals surface area (Å²) in [4.78, 5) is 0. The summed E-state index contributed by atoms with van der Waals surface area (Å²) in [6.45, 7) is 0. The number of hydrogen-bond donors (Lipinski definition) is 1. The van der Waals surface area contributed by atoms with Gasteiger partial charge < -0.3 is 5.32 Å². The van der Waals surface area contributed by atoms with Gasteiger partial charge in [0.25, 0.3) is 0 Å². The van der Waals surface area contributed by atoms with E-state index < -0.39 is 0 Å². The van der Waals surface area contributed by atoms with E-state index in [9.17, 15) is 4.39 Å². The van der Waals surface area contributed by atoms with Gasteiger partial charge in [-0.1, -0.05) is 17.7 Å². The number of hydrogen-bond acceptors (Lipinski definition) is 1. The lowest BCUT2D eigenvalue weighted by atomic mass is 9.98. The van der Waals surface area contributed by atoms with Crippen LogP contribution < -0.4 is 5.32 Å².